The summed E-state index contributed by atoms with van der Waals surface area (Å²) >= 11 is 0. The van der Waals surface area contributed by atoms with Crippen molar-refractivity contribution in [2.24, 2.45) is 34.2 Å². The highest BCUT2D eigenvalue weighted by Crippen LogP contribution is 2.59. The maximum Gasteiger partial charge on any atom is 0.351 e. The van der Waals surface area contributed by atoms with Crippen LogP contribution >= 0.6 is 0 Å². The van der Waals surface area contributed by atoms with Crippen molar-refractivity contribution in [3.63, 3.8) is 0 Å². The van der Waals surface area contributed by atoms with Gasteiger partial charge in [0.05, 0.1) is 12.2 Å². The summed E-state index contributed by atoms with van der Waals surface area (Å²) in [6.07, 6.45) is 14.5. The second kappa shape index (κ2) is 20.8. The third-order valence-electron chi connectivity index (χ3n) is 14.3. The molecule has 6 rings (SSSR count). The second-order valence-electron chi connectivity index (χ2n) is 19.3. The molecular formula is C48H70FN5O9. The lowest BCUT2D eigenvalue weighted by Gasteiger charge is -2.44. The van der Waals surface area contributed by atoms with Gasteiger partial charge in [0.2, 0.25) is 0 Å². The zero-order valence-electron chi connectivity index (χ0n) is 37.7. The quantitative estimate of drug-likeness (QED) is 0.0476. The van der Waals surface area contributed by atoms with Crippen LogP contribution in [0, 0.1) is 29.1 Å². The minimum absolute atomic E-state index is 0.0254. The summed E-state index contributed by atoms with van der Waals surface area (Å²) in [7, 11) is 0. The lowest BCUT2D eigenvalue weighted by molar-refractivity contribution is -0.151. The first-order chi connectivity index (χ1) is 29.9. The Morgan fingerprint density at radius 1 is 1.14 bits per heavy atom. The number of aliphatic hydroxyl groups excluding tert-OH is 3. The highest BCUT2D eigenvalue weighted by Gasteiger charge is 2.56. The number of hydrogen-bond donors (Lipinski definition) is 5. The molecule has 1 aliphatic heterocycles. The number of rotatable bonds is 18. The normalized spacial score (nSPS) is 34.0. The molecule has 0 spiro atoms. The van der Waals surface area contributed by atoms with Crippen LogP contribution in [0.2, 0.25) is 0 Å². The molecule has 12 atom stereocenters. The minimum Gasteiger partial charge on any atom is -0.463 e. The molecule has 0 radical (unpaired) electrons. The number of aromatic nitrogens is 2. The monoisotopic (exact) mass is 880 g/mol. The van der Waals surface area contributed by atoms with Crippen molar-refractivity contribution in [1.82, 2.24) is 15.0 Å². The molecule has 63 heavy (non-hydrogen) atoms. The Bertz CT molecular complexity index is 1990. The number of ether oxygens (including phenoxy) is 3. The molecule has 2 heterocycles. The Balaban J connectivity index is 0.895. The number of nitrogens with two attached hydrogens (primary N) is 1. The van der Waals surface area contributed by atoms with Crippen molar-refractivity contribution in [1.29, 1.82) is 0 Å². The van der Waals surface area contributed by atoms with Crippen LogP contribution in [0.4, 0.5) is 10.2 Å². The number of carbonyl (C=O) groups excluding carboxylic acids is 2. The minimum atomic E-state index is -2.36. The van der Waals surface area contributed by atoms with Gasteiger partial charge < -0.3 is 40.7 Å². The van der Waals surface area contributed by atoms with E-state index in [4.69, 9.17) is 19.9 Å². The van der Waals surface area contributed by atoms with E-state index >= 15 is 4.39 Å². The average molecular weight is 880 g/mol. The van der Waals surface area contributed by atoms with Crippen molar-refractivity contribution in [2.75, 3.05) is 12.3 Å². The first-order valence-corrected chi connectivity index (χ1v) is 23.0. The highest BCUT2D eigenvalue weighted by atomic mass is 19.1. The van der Waals surface area contributed by atoms with E-state index in [1.165, 1.54) is 30.7 Å². The van der Waals surface area contributed by atoms with Crippen molar-refractivity contribution in [2.45, 2.75) is 173 Å². The number of aliphatic hydroxyl groups is 3. The fourth-order valence-corrected chi connectivity index (χ4v) is 10.3. The van der Waals surface area contributed by atoms with Crippen LogP contribution in [0.1, 0.15) is 131 Å². The van der Waals surface area contributed by atoms with Gasteiger partial charge in [-0.05, 0) is 131 Å². The van der Waals surface area contributed by atoms with Crippen LogP contribution < -0.4 is 16.8 Å². The van der Waals surface area contributed by atoms with E-state index in [0.29, 0.717) is 61.3 Å². The largest absolute Gasteiger partial charge is 0.463 e. The Morgan fingerprint density at radius 3 is 2.63 bits per heavy atom. The van der Waals surface area contributed by atoms with Crippen LogP contribution in [-0.2, 0) is 23.8 Å². The third kappa shape index (κ3) is 11.9. The van der Waals surface area contributed by atoms with Crippen molar-refractivity contribution in [3.05, 3.63) is 70.3 Å². The molecule has 1 saturated heterocycles. The Morgan fingerprint density at radius 2 is 1.90 bits per heavy atom. The molecular weight excluding hydrogens is 810 g/mol. The molecule has 4 saturated carbocycles. The number of fused-ring (bicyclic) bond motifs is 1. The molecule has 15 heteroatoms. The Labute approximate surface area is 370 Å². The van der Waals surface area contributed by atoms with Gasteiger partial charge in [-0.1, -0.05) is 50.3 Å². The van der Waals surface area contributed by atoms with Crippen LogP contribution in [0.15, 0.2) is 69.8 Å². The van der Waals surface area contributed by atoms with E-state index in [2.05, 4.69) is 54.2 Å². The van der Waals surface area contributed by atoms with Crippen LogP contribution in [0.3, 0.4) is 0 Å². The topological polar surface area (TPSA) is 208 Å². The van der Waals surface area contributed by atoms with Crippen molar-refractivity contribution in [3.8, 4) is 0 Å². The molecule has 8 unspecified atom stereocenters. The molecule has 4 aliphatic carbocycles. The summed E-state index contributed by atoms with van der Waals surface area (Å²) in [5.41, 5.74) is 9.40. The number of nitrogens with zero attached hydrogens (tertiary/aromatic N) is 3. The maximum atomic E-state index is 15.4. The zero-order chi connectivity index (χ0) is 45.6. The molecule has 1 aromatic heterocycles. The van der Waals surface area contributed by atoms with Crippen molar-refractivity contribution >= 4 is 23.5 Å². The number of anilines is 1. The van der Waals surface area contributed by atoms with Gasteiger partial charge in [0, 0.05) is 43.6 Å². The third-order valence-corrected chi connectivity index (χ3v) is 14.3. The second-order valence-corrected chi connectivity index (χ2v) is 19.3. The van der Waals surface area contributed by atoms with E-state index in [9.17, 15) is 29.7 Å². The fourth-order valence-electron chi connectivity index (χ4n) is 10.3. The number of halogens is 1. The molecule has 0 aromatic carbocycles. The number of carbonyl (C=O) groups is 2. The number of hydrogen-bond acceptors (Lipinski definition) is 13. The van der Waals surface area contributed by atoms with Crippen LogP contribution in [-0.4, -0.2) is 91.4 Å². The molecule has 348 valence electrons. The molecule has 5 aliphatic rings. The first kappa shape index (κ1) is 48.3. The van der Waals surface area contributed by atoms with Gasteiger partial charge in [0.15, 0.2) is 11.9 Å². The summed E-state index contributed by atoms with van der Waals surface area (Å²) in [6.45, 7) is 13.4. The summed E-state index contributed by atoms with van der Waals surface area (Å²) in [5.74, 6) is 1.00. The van der Waals surface area contributed by atoms with Crippen LogP contribution in [0.25, 0.3) is 0 Å². The first-order valence-electron chi connectivity index (χ1n) is 23.0. The number of nitrogen functional groups attached to an aromatic ring is 1. The maximum absolute atomic E-state index is 15.4. The number of hydrazone groups is 1. The van der Waals surface area contributed by atoms with Gasteiger partial charge in [0.25, 0.3) is 0 Å². The van der Waals surface area contributed by atoms with Gasteiger partial charge in [-0.2, -0.15) is 10.1 Å². The highest BCUT2D eigenvalue weighted by molar-refractivity contribution is 5.82. The summed E-state index contributed by atoms with van der Waals surface area (Å²) in [5, 5.41) is 36.3. The molecule has 14 nitrogen and oxygen atoms in total. The number of alkyl halides is 1. The lowest BCUT2D eigenvalue weighted by atomic mass is 9.61. The smallest absolute Gasteiger partial charge is 0.351 e. The SMILES string of the molecule is C=C1/C(=C\C=C2/CCC[C@@]3(C)C2CCC3[C@@H](C)/C=C/C(O)C2CC2)C[C@@H](OC(=O)CCC/C(C)=N/NC(C)CCC(=O)OCC2OC(n3ccc(N)nc3=O)C(C)(F)C2O)C[C@@H]1O. The fraction of sp³-hybridized carbons (Fsp3) is 0.688. The van der Waals surface area contributed by atoms with Crippen molar-refractivity contribution < 1.29 is 43.5 Å². The number of esters is 2. The summed E-state index contributed by atoms with van der Waals surface area (Å²) in [6, 6.07) is 1.12. The predicted molar refractivity (Wildman–Crippen MR) is 238 cm³/mol. The zero-order valence-corrected chi connectivity index (χ0v) is 37.7. The van der Waals surface area contributed by atoms with E-state index in [-0.39, 0.29) is 42.2 Å². The van der Waals surface area contributed by atoms with E-state index in [1.807, 2.05) is 19.9 Å². The number of nitrogens with one attached hydrogen (secondary N) is 1. The van der Waals surface area contributed by atoms with Gasteiger partial charge in [0.1, 0.15) is 30.7 Å². The Kier molecular flexibility index (Phi) is 15.9. The lowest BCUT2D eigenvalue weighted by Crippen LogP contribution is -2.43. The van der Waals surface area contributed by atoms with Gasteiger partial charge in [-0.3, -0.25) is 14.2 Å². The van der Waals surface area contributed by atoms with E-state index in [0.717, 1.165) is 54.9 Å². The summed E-state index contributed by atoms with van der Waals surface area (Å²) in [4.78, 5) is 41.3. The molecule has 6 N–H and O–H groups in total. The predicted octanol–water partition coefficient (Wildman–Crippen LogP) is 6.31. The summed E-state index contributed by atoms with van der Waals surface area (Å²) < 4.78 is 33.1. The van der Waals surface area contributed by atoms with E-state index in [1.54, 1.807) is 0 Å². The van der Waals surface area contributed by atoms with Gasteiger partial charge >= 0.3 is 17.6 Å². The average Bonchev–Trinajstić information content (AvgIpc) is 3.99. The molecule has 1 aromatic rings. The number of allylic oxidation sites excluding steroid dienone is 4. The molecule has 0 amide bonds. The van der Waals surface area contributed by atoms with Gasteiger partial charge in [-0.15, -0.1) is 0 Å². The Hall–Kier alpha value is -4.18. The van der Waals surface area contributed by atoms with Crippen LogP contribution in [0.5, 0.6) is 0 Å². The standard InChI is InChI=1S/C48H70FN5O9/c1-28(12-20-38(55)33-15-16-33)36-18-19-37-32(10-8-23-47(36,37)5)14-17-34-25-35(26-39(56)31(34)4)62-43(58)11-7-9-29(2)52-53-30(3)13-21-42(57)61-27-40-44(59)48(6,49)45(63-40)54-24-22-41(50)51-46(54)60/h12,14,17,20,22,24,28,30,33,35-40,44-45,53,55-56,59H,4,7-11,13,15-16,18-19,21,23,25-27H2,1-3,5-6H3,(H2,50,51,60)/b20-12+,32-14+,34-17-,52-29+/t28-,30?,35+,36?,37?,38?,39-,40?,44?,45?,47+,48?/m0/s1. The van der Waals surface area contributed by atoms with Gasteiger partial charge in [-0.25, -0.2) is 9.18 Å². The molecule has 5 fully saturated rings. The molecule has 0 bridgehead atoms. The van der Waals surface area contributed by atoms with E-state index < -0.39 is 54.6 Å².